The van der Waals surface area contributed by atoms with Crippen molar-refractivity contribution in [3.8, 4) is 0 Å². The molecule has 4 aromatic rings. The van der Waals surface area contributed by atoms with Gasteiger partial charge < -0.3 is 4.42 Å². The molecule has 0 spiro atoms. The zero-order valence-corrected chi connectivity index (χ0v) is 16.3. The van der Waals surface area contributed by atoms with E-state index in [0.717, 1.165) is 16.5 Å². The second kappa shape index (κ2) is 6.57. The zero-order chi connectivity index (χ0) is 18.4. The Labute approximate surface area is 161 Å². The highest BCUT2D eigenvalue weighted by molar-refractivity contribution is 7.98. The van der Waals surface area contributed by atoms with E-state index in [9.17, 15) is 9.59 Å². The third-order valence-electron chi connectivity index (χ3n) is 4.13. The van der Waals surface area contributed by atoms with Crippen LogP contribution in [0.15, 0.2) is 48.8 Å². The first-order chi connectivity index (χ1) is 12.4. The molecule has 1 aromatic carbocycles. The number of fused-ring (bicyclic) bond motifs is 2. The molecule has 0 atom stereocenters. The van der Waals surface area contributed by atoms with Gasteiger partial charge in [-0.05, 0) is 41.6 Å². The second-order valence-electron chi connectivity index (χ2n) is 5.87. The van der Waals surface area contributed by atoms with Crippen LogP contribution in [0.3, 0.4) is 0 Å². The molecule has 0 bridgehead atoms. The first-order valence-electron chi connectivity index (χ1n) is 7.74. The van der Waals surface area contributed by atoms with Crippen molar-refractivity contribution in [2.75, 3.05) is 0 Å². The van der Waals surface area contributed by atoms with Gasteiger partial charge in [-0.2, -0.15) is 0 Å². The predicted octanol–water partition coefficient (Wildman–Crippen LogP) is 4.36. The van der Waals surface area contributed by atoms with Gasteiger partial charge in [0.15, 0.2) is 5.16 Å². The Bertz CT molecular complexity index is 1270. The van der Waals surface area contributed by atoms with E-state index >= 15 is 0 Å². The minimum atomic E-state index is -0.412. The molecule has 5 nitrogen and oxygen atoms in total. The van der Waals surface area contributed by atoms with Crippen LogP contribution in [0.2, 0.25) is 5.02 Å². The van der Waals surface area contributed by atoms with Crippen LogP contribution < -0.4 is 11.2 Å². The maximum atomic E-state index is 12.4. The van der Waals surface area contributed by atoms with Crippen LogP contribution in [0.25, 0.3) is 21.2 Å². The summed E-state index contributed by atoms with van der Waals surface area (Å²) in [6.45, 7) is 1.86. The van der Waals surface area contributed by atoms with Gasteiger partial charge in [0.2, 0.25) is 0 Å². The van der Waals surface area contributed by atoms with E-state index in [-0.39, 0.29) is 5.56 Å². The molecule has 0 unspecified atom stereocenters. The number of rotatable bonds is 3. The van der Waals surface area contributed by atoms with Crippen molar-refractivity contribution < 1.29 is 4.42 Å². The zero-order valence-electron chi connectivity index (χ0n) is 13.9. The molecule has 8 heteroatoms. The molecule has 0 saturated carbocycles. The van der Waals surface area contributed by atoms with E-state index in [0.29, 0.717) is 31.7 Å². The van der Waals surface area contributed by atoms with E-state index in [1.807, 2.05) is 12.3 Å². The maximum absolute atomic E-state index is 12.4. The van der Waals surface area contributed by atoms with Crippen molar-refractivity contribution in [2.24, 2.45) is 7.05 Å². The molecule has 0 saturated heterocycles. The molecule has 0 fully saturated rings. The summed E-state index contributed by atoms with van der Waals surface area (Å²) in [6.07, 6.45) is 0. The highest BCUT2D eigenvalue weighted by Crippen LogP contribution is 2.29. The Balaban J connectivity index is 1.77. The minimum Gasteiger partial charge on any atom is -0.423 e. The Morgan fingerprint density at radius 3 is 2.88 bits per heavy atom. The number of aromatic nitrogens is 2. The number of thiophene rings is 1. The summed E-state index contributed by atoms with van der Waals surface area (Å²) in [5, 5.41) is 4.48. The van der Waals surface area contributed by atoms with Crippen LogP contribution in [0.5, 0.6) is 0 Å². The molecule has 0 aliphatic heterocycles. The van der Waals surface area contributed by atoms with E-state index in [2.05, 4.69) is 4.98 Å². The first kappa shape index (κ1) is 17.3. The quantitative estimate of drug-likeness (QED) is 0.288. The fourth-order valence-electron chi connectivity index (χ4n) is 2.72. The van der Waals surface area contributed by atoms with Gasteiger partial charge in [-0.15, -0.1) is 11.3 Å². The minimum absolute atomic E-state index is 0.0742. The van der Waals surface area contributed by atoms with E-state index in [4.69, 9.17) is 16.0 Å². The standard InChI is InChI=1S/C18H13ClN2O3S2/c1-9-5-14-12(7-13(9)19)10(6-15(22)24-14)8-26-18-20-16-11(3-4-25-16)17(23)21(18)2/h3-7H,8H2,1-2H3. The fraction of sp³-hybridized carbons (Fsp3) is 0.167. The third kappa shape index (κ3) is 2.96. The molecule has 26 heavy (non-hydrogen) atoms. The summed E-state index contributed by atoms with van der Waals surface area (Å²) >= 11 is 9.07. The third-order valence-corrected chi connectivity index (χ3v) is 6.42. The van der Waals surface area contributed by atoms with Gasteiger partial charge in [-0.25, -0.2) is 9.78 Å². The normalized spacial score (nSPS) is 11.5. The summed E-state index contributed by atoms with van der Waals surface area (Å²) in [5.74, 6) is 0.471. The Hall–Kier alpha value is -2.09. The van der Waals surface area contributed by atoms with Gasteiger partial charge in [0.25, 0.3) is 5.56 Å². The number of halogens is 1. The second-order valence-corrected chi connectivity index (χ2v) is 8.12. The predicted molar refractivity (Wildman–Crippen MR) is 107 cm³/mol. The summed E-state index contributed by atoms with van der Waals surface area (Å²) in [6, 6.07) is 6.81. The largest absolute Gasteiger partial charge is 0.423 e. The highest BCUT2D eigenvalue weighted by atomic mass is 35.5. The van der Waals surface area contributed by atoms with Crippen molar-refractivity contribution in [1.29, 1.82) is 0 Å². The van der Waals surface area contributed by atoms with Gasteiger partial charge in [-0.3, -0.25) is 9.36 Å². The number of hydrogen-bond donors (Lipinski definition) is 0. The molecule has 0 N–H and O–H groups in total. The van der Waals surface area contributed by atoms with Crippen molar-refractivity contribution in [2.45, 2.75) is 17.8 Å². The van der Waals surface area contributed by atoms with Crippen LogP contribution in [-0.2, 0) is 12.8 Å². The molecule has 0 amide bonds. The molecule has 132 valence electrons. The number of thioether (sulfide) groups is 1. The van der Waals surface area contributed by atoms with Crippen LogP contribution in [0, 0.1) is 6.92 Å². The molecule has 0 aliphatic carbocycles. The van der Waals surface area contributed by atoms with Gasteiger partial charge in [0.1, 0.15) is 10.4 Å². The lowest BCUT2D eigenvalue weighted by Crippen LogP contribution is -2.19. The van der Waals surface area contributed by atoms with Gasteiger partial charge >= 0.3 is 5.63 Å². The molecule has 3 heterocycles. The van der Waals surface area contributed by atoms with Gasteiger partial charge in [0.05, 0.1) is 5.39 Å². The molecular formula is C18H13ClN2O3S2. The molecule has 3 aromatic heterocycles. The van der Waals surface area contributed by atoms with Crippen molar-refractivity contribution in [1.82, 2.24) is 9.55 Å². The van der Waals surface area contributed by atoms with Crippen molar-refractivity contribution in [3.63, 3.8) is 0 Å². The number of hydrogen-bond acceptors (Lipinski definition) is 6. The van der Waals surface area contributed by atoms with Gasteiger partial charge in [-0.1, -0.05) is 23.4 Å². The molecule has 0 radical (unpaired) electrons. The summed E-state index contributed by atoms with van der Waals surface area (Å²) < 4.78 is 6.82. The number of benzene rings is 1. The maximum Gasteiger partial charge on any atom is 0.336 e. The lowest BCUT2D eigenvalue weighted by Gasteiger charge is -2.09. The summed E-state index contributed by atoms with van der Waals surface area (Å²) in [5.41, 5.74) is 1.66. The average Bonchev–Trinajstić information content (AvgIpc) is 3.07. The molecule has 0 aliphatic rings. The lowest BCUT2D eigenvalue weighted by atomic mass is 10.1. The van der Waals surface area contributed by atoms with E-state index in [1.54, 1.807) is 25.2 Å². The SMILES string of the molecule is Cc1cc2oc(=O)cc(CSc3nc4sccc4c(=O)n3C)c2cc1Cl. The lowest BCUT2D eigenvalue weighted by molar-refractivity contribution is 0.559. The van der Waals surface area contributed by atoms with Crippen molar-refractivity contribution >= 4 is 55.9 Å². The monoisotopic (exact) mass is 404 g/mol. The van der Waals surface area contributed by atoms with E-state index < -0.39 is 5.63 Å². The van der Waals surface area contributed by atoms with Crippen LogP contribution in [-0.4, -0.2) is 9.55 Å². The Kier molecular flexibility index (Phi) is 4.38. The van der Waals surface area contributed by atoms with Crippen LogP contribution in [0.4, 0.5) is 0 Å². The summed E-state index contributed by atoms with van der Waals surface area (Å²) in [7, 11) is 1.70. The molecular weight excluding hydrogens is 392 g/mol. The fourth-order valence-corrected chi connectivity index (χ4v) is 4.65. The van der Waals surface area contributed by atoms with Crippen LogP contribution >= 0.6 is 34.7 Å². The Morgan fingerprint density at radius 1 is 1.27 bits per heavy atom. The smallest absolute Gasteiger partial charge is 0.336 e. The number of aryl methyl sites for hydroxylation is 1. The first-order valence-corrected chi connectivity index (χ1v) is 9.98. The Morgan fingerprint density at radius 2 is 2.08 bits per heavy atom. The summed E-state index contributed by atoms with van der Waals surface area (Å²) in [4.78, 5) is 29.6. The highest BCUT2D eigenvalue weighted by Gasteiger charge is 2.13. The van der Waals surface area contributed by atoms with E-state index in [1.165, 1.54) is 33.7 Å². The average molecular weight is 405 g/mol. The topological polar surface area (TPSA) is 65.1 Å². The van der Waals surface area contributed by atoms with Crippen LogP contribution in [0.1, 0.15) is 11.1 Å². The number of nitrogens with zero attached hydrogens (tertiary/aromatic N) is 2. The van der Waals surface area contributed by atoms with Crippen molar-refractivity contribution in [3.05, 3.63) is 66.6 Å². The van der Waals surface area contributed by atoms with Gasteiger partial charge in [0, 0.05) is 29.3 Å². The molecule has 4 rings (SSSR count).